The first-order valence-corrected chi connectivity index (χ1v) is 15.5. The predicted molar refractivity (Wildman–Crippen MR) is 178 cm³/mol. The van der Waals surface area contributed by atoms with Gasteiger partial charge in [-0.15, -0.1) is 11.3 Å². The van der Waals surface area contributed by atoms with E-state index in [1.165, 1.54) is 7.11 Å². The fourth-order valence-corrected chi connectivity index (χ4v) is 5.65. The molecule has 0 saturated heterocycles. The van der Waals surface area contributed by atoms with Crippen LogP contribution in [0.25, 0.3) is 0 Å². The molecule has 1 N–H and O–H groups in total. The Kier molecular flexibility index (Phi) is 10.8. The van der Waals surface area contributed by atoms with E-state index in [0.717, 1.165) is 16.1 Å². The predicted octanol–water partition coefficient (Wildman–Crippen LogP) is 6.83. The van der Waals surface area contributed by atoms with Crippen LogP contribution in [0, 0.1) is 0 Å². The molecule has 1 heterocycles. The Morgan fingerprint density at radius 2 is 1.49 bits per heavy atom. The molecule has 0 aliphatic carbocycles. The summed E-state index contributed by atoms with van der Waals surface area (Å²) in [4.78, 5) is 41.9. The number of amides is 1. The van der Waals surface area contributed by atoms with E-state index in [1.807, 2.05) is 96.4 Å². The fourth-order valence-electron chi connectivity index (χ4n) is 4.95. The smallest absolute Gasteiger partial charge is 0.328 e. The second kappa shape index (κ2) is 15.5. The summed E-state index contributed by atoms with van der Waals surface area (Å²) in [6, 6.07) is 36.4. The lowest BCUT2D eigenvalue weighted by molar-refractivity contribution is -0.141. The number of rotatable bonds is 14. The van der Waals surface area contributed by atoms with Crippen molar-refractivity contribution in [1.82, 2.24) is 0 Å². The van der Waals surface area contributed by atoms with E-state index in [-0.39, 0.29) is 11.7 Å². The molecule has 0 saturated carbocycles. The summed E-state index contributed by atoms with van der Waals surface area (Å²) in [5.41, 5.74) is 3.30. The van der Waals surface area contributed by atoms with E-state index >= 15 is 0 Å². The molecule has 4 aromatic carbocycles. The highest BCUT2D eigenvalue weighted by Gasteiger charge is 2.23. The van der Waals surface area contributed by atoms with Crippen LogP contribution in [0.5, 0.6) is 5.75 Å². The van der Waals surface area contributed by atoms with Crippen molar-refractivity contribution in [2.45, 2.75) is 18.9 Å². The minimum atomic E-state index is -0.722. The Bertz CT molecular complexity index is 1690. The molecule has 0 aliphatic rings. The number of anilines is 2. The van der Waals surface area contributed by atoms with Crippen LogP contribution >= 0.6 is 11.3 Å². The molecule has 45 heavy (non-hydrogen) atoms. The third-order valence-corrected chi connectivity index (χ3v) is 8.12. The van der Waals surface area contributed by atoms with Gasteiger partial charge in [0.15, 0.2) is 5.78 Å². The lowest BCUT2D eigenvalue weighted by Gasteiger charge is -2.23. The molecule has 1 amide bonds. The molecule has 8 heteroatoms. The molecular formula is C37H34N2O5S. The molecule has 1 aromatic heterocycles. The third kappa shape index (κ3) is 8.46. The summed E-state index contributed by atoms with van der Waals surface area (Å²) in [5, 5.41) is 5.21. The molecule has 0 bridgehead atoms. The summed E-state index contributed by atoms with van der Waals surface area (Å²) < 4.78 is 11.1. The van der Waals surface area contributed by atoms with Gasteiger partial charge in [0.25, 0.3) is 0 Å². The van der Waals surface area contributed by atoms with Gasteiger partial charge in [0.1, 0.15) is 18.4 Å². The van der Waals surface area contributed by atoms with Crippen molar-refractivity contribution in [3.63, 3.8) is 0 Å². The van der Waals surface area contributed by atoms with Crippen molar-refractivity contribution in [3.05, 3.63) is 148 Å². The second-order valence-corrected chi connectivity index (χ2v) is 11.3. The summed E-state index contributed by atoms with van der Waals surface area (Å²) in [6.45, 7) is 0.703. The molecule has 0 aliphatic heterocycles. The number of carbonyl (C=O) groups excluding carboxylic acids is 3. The van der Waals surface area contributed by atoms with Crippen LogP contribution in [-0.2, 0) is 27.2 Å². The molecule has 7 nitrogen and oxygen atoms in total. The minimum Gasteiger partial charge on any atom is -0.492 e. The van der Waals surface area contributed by atoms with Crippen LogP contribution in [0.2, 0.25) is 0 Å². The molecule has 1 atom stereocenters. The van der Waals surface area contributed by atoms with Crippen LogP contribution < -0.4 is 15.0 Å². The maximum absolute atomic E-state index is 13.2. The number of benzene rings is 4. The van der Waals surface area contributed by atoms with E-state index in [0.29, 0.717) is 48.6 Å². The highest BCUT2D eigenvalue weighted by Crippen LogP contribution is 2.23. The maximum atomic E-state index is 13.2. The van der Waals surface area contributed by atoms with Crippen molar-refractivity contribution < 1.29 is 23.9 Å². The SMILES string of the molecule is COC(=O)C(Cc1ccc(OCCN(C(=O)Cc2cccs2)c2ccccc2)cc1)Nc1ccccc1C(=O)c1ccccc1. The summed E-state index contributed by atoms with van der Waals surface area (Å²) in [6.07, 6.45) is 0.668. The zero-order chi connectivity index (χ0) is 31.4. The number of hydrogen-bond acceptors (Lipinski definition) is 7. The normalized spacial score (nSPS) is 11.3. The molecule has 0 spiro atoms. The largest absolute Gasteiger partial charge is 0.492 e. The van der Waals surface area contributed by atoms with Gasteiger partial charge in [0.2, 0.25) is 5.91 Å². The highest BCUT2D eigenvalue weighted by atomic mass is 32.1. The average Bonchev–Trinajstić information content (AvgIpc) is 3.60. The summed E-state index contributed by atoms with van der Waals surface area (Å²) >= 11 is 1.57. The first-order valence-electron chi connectivity index (χ1n) is 14.6. The lowest BCUT2D eigenvalue weighted by Crippen LogP contribution is -2.35. The summed E-state index contributed by atoms with van der Waals surface area (Å²) in [7, 11) is 1.35. The zero-order valence-electron chi connectivity index (χ0n) is 24.9. The first kappa shape index (κ1) is 31.2. The molecule has 5 rings (SSSR count). The fraction of sp³-hybridized carbons (Fsp3) is 0.162. The zero-order valence-corrected chi connectivity index (χ0v) is 25.7. The number of methoxy groups -OCH3 is 1. The Morgan fingerprint density at radius 3 is 2.18 bits per heavy atom. The molecular weight excluding hydrogens is 584 g/mol. The highest BCUT2D eigenvalue weighted by molar-refractivity contribution is 7.10. The number of thiophene rings is 1. The molecule has 228 valence electrons. The Hall–Kier alpha value is -5.21. The van der Waals surface area contributed by atoms with Crippen molar-refractivity contribution in [3.8, 4) is 5.75 Å². The van der Waals surface area contributed by atoms with Crippen LogP contribution in [0.15, 0.2) is 127 Å². The van der Waals surface area contributed by atoms with Gasteiger partial charge in [-0.1, -0.05) is 78.9 Å². The van der Waals surface area contributed by atoms with E-state index < -0.39 is 12.0 Å². The number of carbonyl (C=O) groups is 3. The number of ketones is 1. The number of para-hydroxylation sites is 2. The third-order valence-electron chi connectivity index (χ3n) is 7.24. The molecule has 0 fully saturated rings. The number of ether oxygens (including phenoxy) is 2. The van der Waals surface area contributed by atoms with E-state index in [9.17, 15) is 14.4 Å². The van der Waals surface area contributed by atoms with Crippen molar-refractivity contribution >= 4 is 40.4 Å². The minimum absolute atomic E-state index is 0.0102. The number of nitrogens with one attached hydrogen (secondary N) is 1. The monoisotopic (exact) mass is 618 g/mol. The lowest BCUT2D eigenvalue weighted by atomic mass is 10.00. The first-order chi connectivity index (χ1) is 22.0. The quantitative estimate of drug-likeness (QED) is 0.109. The standard InChI is InChI=1S/C37H34N2O5S/c1-43-37(42)34(38-33-17-9-8-16-32(33)36(41)28-11-4-2-5-12-28)25-27-18-20-30(21-19-27)44-23-22-39(29-13-6-3-7-14-29)35(40)26-31-15-10-24-45-31/h2-21,24,34,38H,22-23,25-26H2,1H3. The Balaban J connectivity index is 1.22. The van der Waals surface area contributed by atoms with Crippen LogP contribution in [-0.4, -0.2) is 44.0 Å². The van der Waals surface area contributed by atoms with Crippen LogP contribution in [0.4, 0.5) is 11.4 Å². The van der Waals surface area contributed by atoms with Crippen molar-refractivity contribution in [2.75, 3.05) is 30.5 Å². The number of esters is 1. The van der Waals surface area contributed by atoms with Gasteiger partial charge in [-0.3, -0.25) is 9.59 Å². The van der Waals surface area contributed by atoms with Gasteiger partial charge in [-0.05, 0) is 53.4 Å². The Labute approximate surface area is 267 Å². The topological polar surface area (TPSA) is 84.9 Å². The molecule has 0 radical (unpaired) electrons. The van der Waals surface area contributed by atoms with E-state index in [2.05, 4.69) is 5.32 Å². The van der Waals surface area contributed by atoms with Gasteiger partial charge in [0.05, 0.1) is 20.1 Å². The van der Waals surface area contributed by atoms with Crippen molar-refractivity contribution in [2.24, 2.45) is 0 Å². The van der Waals surface area contributed by atoms with E-state index in [4.69, 9.17) is 9.47 Å². The van der Waals surface area contributed by atoms with Gasteiger partial charge in [0, 0.05) is 33.8 Å². The van der Waals surface area contributed by atoms with Gasteiger partial charge in [-0.2, -0.15) is 0 Å². The van der Waals surface area contributed by atoms with Gasteiger partial charge < -0.3 is 19.7 Å². The van der Waals surface area contributed by atoms with Crippen LogP contribution in [0.1, 0.15) is 26.4 Å². The van der Waals surface area contributed by atoms with Gasteiger partial charge >= 0.3 is 5.97 Å². The molecule has 1 unspecified atom stereocenters. The van der Waals surface area contributed by atoms with Gasteiger partial charge in [-0.25, -0.2) is 4.79 Å². The van der Waals surface area contributed by atoms with Crippen LogP contribution in [0.3, 0.4) is 0 Å². The van der Waals surface area contributed by atoms with Crippen molar-refractivity contribution in [1.29, 1.82) is 0 Å². The van der Waals surface area contributed by atoms with E-state index in [1.54, 1.807) is 46.6 Å². The Morgan fingerprint density at radius 1 is 0.800 bits per heavy atom. The average molecular weight is 619 g/mol. The number of hydrogen-bond donors (Lipinski definition) is 1. The second-order valence-electron chi connectivity index (χ2n) is 10.3. The number of nitrogens with zero attached hydrogens (tertiary/aromatic N) is 1. The molecule has 5 aromatic rings. The maximum Gasteiger partial charge on any atom is 0.328 e. The summed E-state index contributed by atoms with van der Waals surface area (Å²) in [5.74, 6) is 0.0863.